The second-order valence-corrected chi connectivity index (χ2v) is 10.7. The fourth-order valence-corrected chi connectivity index (χ4v) is 4.76. The molecule has 0 bridgehead atoms. The van der Waals surface area contributed by atoms with Crippen molar-refractivity contribution in [2.75, 3.05) is 6.61 Å². The molecule has 0 aliphatic rings. The molecule has 2 atom stereocenters. The summed E-state index contributed by atoms with van der Waals surface area (Å²) in [5, 5.41) is 20.4. The molecule has 0 saturated carbocycles. The van der Waals surface area contributed by atoms with Gasteiger partial charge >= 0.3 is 5.97 Å². The number of ether oxygens (including phenoxy) is 1. The Balaban J connectivity index is 1.66. The van der Waals surface area contributed by atoms with Crippen LogP contribution in [0.5, 0.6) is 5.75 Å². The summed E-state index contributed by atoms with van der Waals surface area (Å²) in [6.07, 6.45) is 2.51. The van der Waals surface area contributed by atoms with Crippen molar-refractivity contribution >= 4 is 27.4 Å². The molecule has 0 radical (unpaired) electrons. The highest BCUT2D eigenvalue weighted by molar-refractivity contribution is 7.20. The van der Waals surface area contributed by atoms with Crippen LogP contribution in [0.3, 0.4) is 0 Å². The molecule has 172 valence electrons. The van der Waals surface area contributed by atoms with Gasteiger partial charge in [0.05, 0.1) is 6.10 Å². The Hall–Kier alpha value is -2.37. The van der Waals surface area contributed by atoms with E-state index >= 15 is 0 Å². The minimum absolute atomic E-state index is 0.206. The number of rotatable bonds is 9. The number of fused-ring (bicyclic) bond motifs is 1. The molecule has 0 aliphatic heterocycles. The molecule has 0 saturated heterocycles. The van der Waals surface area contributed by atoms with E-state index in [0.29, 0.717) is 10.8 Å². The van der Waals surface area contributed by atoms with Gasteiger partial charge in [0.25, 0.3) is 0 Å². The van der Waals surface area contributed by atoms with Gasteiger partial charge in [-0.05, 0) is 77.8 Å². The van der Waals surface area contributed by atoms with Gasteiger partial charge < -0.3 is 14.9 Å². The number of hydrogen-bond donors (Lipinski definition) is 2. The van der Waals surface area contributed by atoms with E-state index in [4.69, 9.17) is 4.74 Å². The van der Waals surface area contributed by atoms with Crippen molar-refractivity contribution in [3.63, 3.8) is 0 Å². The van der Waals surface area contributed by atoms with Crippen molar-refractivity contribution < 1.29 is 19.7 Å². The van der Waals surface area contributed by atoms with Crippen LogP contribution < -0.4 is 4.74 Å². The van der Waals surface area contributed by atoms with Crippen molar-refractivity contribution in [1.82, 2.24) is 0 Å². The molecule has 4 nitrogen and oxygen atoms in total. The lowest BCUT2D eigenvalue weighted by Gasteiger charge is -2.26. The van der Waals surface area contributed by atoms with Gasteiger partial charge in [-0.2, -0.15) is 0 Å². The third-order valence-electron chi connectivity index (χ3n) is 6.14. The molecule has 0 amide bonds. The number of carboxylic acid groups (broad SMARTS) is 1. The average molecular weight is 455 g/mol. The Kier molecular flexibility index (Phi) is 7.63. The first kappa shape index (κ1) is 24.3. The highest BCUT2D eigenvalue weighted by Gasteiger charge is 2.23. The first-order valence-electron chi connectivity index (χ1n) is 11.3. The average Bonchev–Trinajstić information content (AvgIpc) is 3.16. The zero-order valence-corrected chi connectivity index (χ0v) is 20.5. The number of aliphatic hydroxyl groups is 1. The zero-order valence-electron chi connectivity index (χ0n) is 19.6. The number of aryl methyl sites for hydroxylation is 2. The van der Waals surface area contributed by atoms with Gasteiger partial charge in [0.2, 0.25) is 0 Å². The smallest absolute Gasteiger partial charge is 0.345 e. The fraction of sp³-hybridized carbons (Fsp3) is 0.444. The van der Waals surface area contributed by atoms with E-state index in [0.717, 1.165) is 40.7 Å². The maximum atomic E-state index is 11.2. The standard InChI is InChI=1S/C27H34O4S/c1-6-19(9-7-18-8-10-21-15-24(26(29)30)32-23(21)14-18)20-11-12-22(17(2)13-20)31-16-25(28)27(3,4)5/h8,10-15,19,25,28H,6-7,9,16H2,1-5H3,(H,29,30). The summed E-state index contributed by atoms with van der Waals surface area (Å²) in [5.41, 5.74) is 3.42. The van der Waals surface area contributed by atoms with Crippen LogP contribution in [0.2, 0.25) is 0 Å². The molecule has 3 rings (SSSR count). The van der Waals surface area contributed by atoms with E-state index in [1.807, 2.05) is 32.9 Å². The molecule has 32 heavy (non-hydrogen) atoms. The maximum Gasteiger partial charge on any atom is 0.345 e. The van der Waals surface area contributed by atoms with Gasteiger partial charge in [-0.25, -0.2) is 4.79 Å². The van der Waals surface area contributed by atoms with Crippen LogP contribution in [-0.2, 0) is 6.42 Å². The van der Waals surface area contributed by atoms with Crippen LogP contribution in [-0.4, -0.2) is 28.9 Å². The molecule has 1 heterocycles. The molecule has 1 aromatic heterocycles. The molecule has 2 unspecified atom stereocenters. The van der Waals surface area contributed by atoms with Crippen LogP contribution in [0.1, 0.15) is 72.8 Å². The van der Waals surface area contributed by atoms with Crippen LogP contribution in [0.25, 0.3) is 10.1 Å². The predicted octanol–water partition coefficient (Wildman–Crippen LogP) is 6.82. The predicted molar refractivity (Wildman–Crippen MR) is 132 cm³/mol. The Labute approximate surface area is 194 Å². The first-order valence-corrected chi connectivity index (χ1v) is 12.1. The summed E-state index contributed by atoms with van der Waals surface area (Å²) in [5.74, 6) is 0.398. The highest BCUT2D eigenvalue weighted by Crippen LogP contribution is 2.31. The molecule has 0 fully saturated rings. The monoisotopic (exact) mass is 454 g/mol. The summed E-state index contributed by atoms with van der Waals surface area (Å²) >= 11 is 1.34. The molecular weight excluding hydrogens is 420 g/mol. The van der Waals surface area contributed by atoms with Crippen molar-refractivity contribution in [3.05, 3.63) is 64.0 Å². The van der Waals surface area contributed by atoms with Gasteiger partial charge in [-0.15, -0.1) is 11.3 Å². The van der Waals surface area contributed by atoms with Crippen LogP contribution in [0, 0.1) is 12.3 Å². The minimum Gasteiger partial charge on any atom is -0.491 e. The van der Waals surface area contributed by atoms with Crippen LogP contribution in [0.4, 0.5) is 0 Å². The molecule has 5 heteroatoms. The quantitative estimate of drug-likeness (QED) is 0.372. The van der Waals surface area contributed by atoms with E-state index in [1.54, 1.807) is 6.07 Å². The molecule has 0 spiro atoms. The lowest BCUT2D eigenvalue weighted by Crippen LogP contribution is -2.32. The summed E-state index contributed by atoms with van der Waals surface area (Å²) in [7, 11) is 0. The number of carboxylic acids is 1. The number of aliphatic hydroxyl groups excluding tert-OH is 1. The second-order valence-electron chi connectivity index (χ2n) is 9.65. The van der Waals surface area contributed by atoms with Gasteiger partial charge in [-0.1, -0.05) is 52.0 Å². The molecule has 2 aromatic carbocycles. The van der Waals surface area contributed by atoms with Gasteiger partial charge in [-0.3, -0.25) is 0 Å². The second kappa shape index (κ2) is 10.1. The lowest BCUT2D eigenvalue weighted by atomic mass is 9.89. The number of aromatic carboxylic acids is 1. The van der Waals surface area contributed by atoms with Crippen molar-refractivity contribution in [3.8, 4) is 5.75 Å². The van der Waals surface area contributed by atoms with E-state index in [-0.39, 0.29) is 12.0 Å². The largest absolute Gasteiger partial charge is 0.491 e. The third-order valence-corrected chi connectivity index (χ3v) is 7.22. The summed E-state index contributed by atoms with van der Waals surface area (Å²) in [4.78, 5) is 11.6. The number of thiophene rings is 1. The molecule has 3 aromatic rings. The molecular formula is C27H34O4S. The van der Waals surface area contributed by atoms with E-state index in [2.05, 4.69) is 38.1 Å². The van der Waals surface area contributed by atoms with Crippen molar-refractivity contribution in [1.29, 1.82) is 0 Å². The Morgan fingerprint density at radius 3 is 2.50 bits per heavy atom. The maximum absolute atomic E-state index is 11.2. The highest BCUT2D eigenvalue weighted by atomic mass is 32.1. The van der Waals surface area contributed by atoms with Crippen molar-refractivity contribution in [2.24, 2.45) is 5.41 Å². The van der Waals surface area contributed by atoms with E-state index in [9.17, 15) is 15.0 Å². The number of hydrogen-bond acceptors (Lipinski definition) is 4. The Bertz CT molecular complexity index is 1080. The normalized spacial score (nSPS) is 13.8. The van der Waals surface area contributed by atoms with Gasteiger partial charge in [0.15, 0.2) is 0 Å². The Morgan fingerprint density at radius 1 is 1.12 bits per heavy atom. The molecule has 2 N–H and O–H groups in total. The lowest BCUT2D eigenvalue weighted by molar-refractivity contribution is 0.0216. The Morgan fingerprint density at radius 2 is 1.88 bits per heavy atom. The van der Waals surface area contributed by atoms with E-state index < -0.39 is 12.1 Å². The third kappa shape index (κ3) is 5.90. The van der Waals surface area contributed by atoms with Crippen LogP contribution in [0.15, 0.2) is 42.5 Å². The summed E-state index contributed by atoms with van der Waals surface area (Å²) < 4.78 is 6.92. The van der Waals surface area contributed by atoms with Gasteiger partial charge in [0, 0.05) is 4.70 Å². The fourth-order valence-electron chi connectivity index (χ4n) is 3.79. The number of benzene rings is 2. The van der Waals surface area contributed by atoms with Gasteiger partial charge in [0.1, 0.15) is 17.2 Å². The topological polar surface area (TPSA) is 66.8 Å². The van der Waals surface area contributed by atoms with Crippen molar-refractivity contribution in [2.45, 2.75) is 65.9 Å². The zero-order chi connectivity index (χ0) is 23.5. The number of carbonyl (C=O) groups is 1. The SMILES string of the molecule is CCC(CCc1ccc2cc(C(=O)O)sc2c1)c1ccc(OCC(O)C(C)(C)C)c(C)c1. The summed E-state index contributed by atoms with van der Waals surface area (Å²) in [6.45, 7) is 10.6. The molecule has 0 aliphatic carbocycles. The minimum atomic E-state index is -0.866. The first-order chi connectivity index (χ1) is 15.1. The van der Waals surface area contributed by atoms with E-state index in [1.165, 1.54) is 22.5 Å². The summed E-state index contributed by atoms with van der Waals surface area (Å²) in [6, 6.07) is 14.4. The van der Waals surface area contributed by atoms with Crippen LogP contribution >= 0.6 is 11.3 Å².